The largest absolute Gasteiger partial charge is 0.497 e. The van der Waals surface area contributed by atoms with Gasteiger partial charge in [-0.15, -0.1) is 0 Å². The Balaban J connectivity index is 1.54. The molecule has 1 saturated heterocycles. The summed E-state index contributed by atoms with van der Waals surface area (Å²) in [7, 11) is -1.86. The van der Waals surface area contributed by atoms with Gasteiger partial charge in [-0.25, -0.2) is 0 Å². The third kappa shape index (κ3) is 5.43. The molecule has 2 fully saturated rings. The fourth-order valence-corrected chi connectivity index (χ4v) is 5.24. The predicted molar refractivity (Wildman–Crippen MR) is 104 cm³/mol. The molecule has 1 aromatic carbocycles. The number of amides is 1. The molecule has 27 heavy (non-hydrogen) atoms. The van der Waals surface area contributed by atoms with Gasteiger partial charge in [-0.1, -0.05) is 25.0 Å². The van der Waals surface area contributed by atoms with Crippen LogP contribution < -0.4 is 9.46 Å². The molecule has 0 unspecified atom stereocenters. The monoisotopic (exact) mass is 395 g/mol. The highest BCUT2D eigenvalue weighted by Gasteiger charge is 2.29. The second-order valence-corrected chi connectivity index (χ2v) is 8.96. The Morgan fingerprint density at radius 3 is 2.44 bits per heavy atom. The van der Waals surface area contributed by atoms with Crippen LogP contribution in [0.4, 0.5) is 0 Å². The number of rotatable bonds is 6. The van der Waals surface area contributed by atoms with E-state index < -0.39 is 10.2 Å². The van der Waals surface area contributed by atoms with E-state index in [0.717, 1.165) is 37.0 Å². The summed E-state index contributed by atoms with van der Waals surface area (Å²) in [5.41, 5.74) is 0.928. The van der Waals surface area contributed by atoms with Crippen LogP contribution in [0.5, 0.6) is 5.75 Å². The van der Waals surface area contributed by atoms with Crippen LogP contribution in [0.2, 0.25) is 0 Å². The fraction of sp³-hybridized carbons (Fsp3) is 0.632. The van der Waals surface area contributed by atoms with Crippen LogP contribution in [-0.2, 0) is 21.4 Å². The number of hydrogen-bond acceptors (Lipinski definition) is 4. The molecule has 8 heteroatoms. The van der Waals surface area contributed by atoms with Crippen molar-refractivity contribution < 1.29 is 17.9 Å². The number of nitrogens with zero attached hydrogens (tertiary/aromatic N) is 2. The lowest BCUT2D eigenvalue weighted by Gasteiger charge is -2.23. The SMILES string of the molecule is COc1ccc(CC(=O)N2CCCN(S(=O)(=O)NC3CCCC3)CC2)cc1. The minimum Gasteiger partial charge on any atom is -0.497 e. The number of hydrogen-bond donors (Lipinski definition) is 1. The van der Waals surface area contributed by atoms with Crippen molar-refractivity contribution >= 4 is 16.1 Å². The fourth-order valence-electron chi connectivity index (χ4n) is 3.74. The number of nitrogens with one attached hydrogen (secondary N) is 1. The summed E-state index contributed by atoms with van der Waals surface area (Å²) in [4.78, 5) is 14.4. The first kappa shape index (κ1) is 20.1. The average Bonchev–Trinajstić information content (AvgIpc) is 3.01. The van der Waals surface area contributed by atoms with Crippen molar-refractivity contribution in [1.29, 1.82) is 0 Å². The van der Waals surface area contributed by atoms with Crippen LogP contribution in [0, 0.1) is 0 Å². The van der Waals surface area contributed by atoms with E-state index in [1.54, 1.807) is 12.0 Å². The second kappa shape index (κ2) is 9.03. The molecule has 150 valence electrons. The molecule has 0 aromatic heterocycles. The van der Waals surface area contributed by atoms with Crippen LogP contribution in [0.25, 0.3) is 0 Å². The third-order valence-electron chi connectivity index (χ3n) is 5.33. The number of carbonyl (C=O) groups is 1. The highest BCUT2D eigenvalue weighted by atomic mass is 32.2. The van der Waals surface area contributed by atoms with Gasteiger partial charge in [-0.2, -0.15) is 17.4 Å². The van der Waals surface area contributed by atoms with E-state index in [1.807, 2.05) is 24.3 Å². The molecule has 0 radical (unpaired) electrons. The third-order valence-corrected chi connectivity index (χ3v) is 7.01. The lowest BCUT2D eigenvalue weighted by molar-refractivity contribution is -0.130. The zero-order valence-electron chi connectivity index (χ0n) is 15.9. The molecule has 1 aromatic rings. The maximum absolute atomic E-state index is 12.6. The van der Waals surface area contributed by atoms with E-state index in [9.17, 15) is 13.2 Å². The smallest absolute Gasteiger partial charge is 0.279 e. The average molecular weight is 396 g/mol. The van der Waals surface area contributed by atoms with Gasteiger partial charge in [0.05, 0.1) is 13.5 Å². The molecule has 0 spiro atoms. The molecular weight excluding hydrogens is 366 g/mol. The summed E-state index contributed by atoms with van der Waals surface area (Å²) in [5, 5.41) is 0. The maximum Gasteiger partial charge on any atom is 0.279 e. The maximum atomic E-state index is 12.6. The van der Waals surface area contributed by atoms with Crippen molar-refractivity contribution in [2.75, 3.05) is 33.3 Å². The van der Waals surface area contributed by atoms with E-state index in [1.165, 1.54) is 4.31 Å². The Morgan fingerprint density at radius 2 is 1.78 bits per heavy atom. The van der Waals surface area contributed by atoms with Crippen LogP contribution in [0.3, 0.4) is 0 Å². The number of methoxy groups -OCH3 is 1. The van der Waals surface area contributed by atoms with E-state index in [0.29, 0.717) is 39.0 Å². The molecule has 1 heterocycles. The number of carbonyl (C=O) groups excluding carboxylic acids is 1. The zero-order valence-corrected chi connectivity index (χ0v) is 16.7. The molecule has 0 atom stereocenters. The van der Waals surface area contributed by atoms with Gasteiger partial charge in [0.1, 0.15) is 5.75 Å². The van der Waals surface area contributed by atoms with Gasteiger partial charge in [0.2, 0.25) is 5.91 Å². The van der Waals surface area contributed by atoms with Crippen molar-refractivity contribution in [3.05, 3.63) is 29.8 Å². The molecular formula is C19H29N3O4S. The van der Waals surface area contributed by atoms with Crippen molar-refractivity contribution in [1.82, 2.24) is 13.9 Å². The zero-order chi connectivity index (χ0) is 19.3. The van der Waals surface area contributed by atoms with Crippen LogP contribution in [0.1, 0.15) is 37.7 Å². The standard InChI is InChI=1S/C19H29N3O4S/c1-26-18-9-7-16(8-10-18)15-19(23)21-11-4-12-22(14-13-21)27(24,25)20-17-5-2-3-6-17/h7-10,17,20H,2-6,11-15H2,1H3. The summed E-state index contributed by atoms with van der Waals surface area (Å²) in [6.45, 7) is 1.82. The van der Waals surface area contributed by atoms with E-state index in [2.05, 4.69) is 4.72 Å². The Bertz CT molecular complexity index is 730. The quantitative estimate of drug-likeness (QED) is 0.793. The molecule has 1 saturated carbocycles. The Labute approximate surface area is 161 Å². The van der Waals surface area contributed by atoms with Gasteiger partial charge in [-0.05, 0) is 37.0 Å². The molecule has 1 aliphatic carbocycles. The van der Waals surface area contributed by atoms with Crippen molar-refractivity contribution in [2.24, 2.45) is 0 Å². The summed E-state index contributed by atoms with van der Waals surface area (Å²) >= 11 is 0. The molecule has 0 bridgehead atoms. The van der Waals surface area contributed by atoms with Gasteiger partial charge in [0.25, 0.3) is 10.2 Å². The summed E-state index contributed by atoms with van der Waals surface area (Å²) in [5.74, 6) is 0.791. The molecule has 1 N–H and O–H groups in total. The lowest BCUT2D eigenvalue weighted by Crippen LogP contribution is -2.46. The van der Waals surface area contributed by atoms with Gasteiger partial charge in [-0.3, -0.25) is 4.79 Å². The number of benzene rings is 1. The highest BCUT2D eigenvalue weighted by molar-refractivity contribution is 7.87. The number of ether oxygens (including phenoxy) is 1. The molecule has 7 nitrogen and oxygen atoms in total. The normalized spacial score (nSPS) is 19.8. The highest BCUT2D eigenvalue weighted by Crippen LogP contribution is 2.20. The van der Waals surface area contributed by atoms with E-state index >= 15 is 0 Å². The molecule has 3 rings (SSSR count). The van der Waals surface area contributed by atoms with Crippen molar-refractivity contribution in [2.45, 2.75) is 44.6 Å². The van der Waals surface area contributed by atoms with E-state index in [-0.39, 0.29) is 11.9 Å². The summed E-state index contributed by atoms with van der Waals surface area (Å²) in [6, 6.07) is 7.52. The van der Waals surface area contributed by atoms with Gasteiger partial charge >= 0.3 is 0 Å². The first-order chi connectivity index (χ1) is 13.0. The second-order valence-electron chi connectivity index (χ2n) is 7.26. The van der Waals surface area contributed by atoms with Gasteiger partial charge in [0, 0.05) is 32.2 Å². The van der Waals surface area contributed by atoms with Crippen molar-refractivity contribution in [3.63, 3.8) is 0 Å². The first-order valence-electron chi connectivity index (χ1n) is 9.66. The molecule has 2 aliphatic rings. The van der Waals surface area contributed by atoms with Gasteiger partial charge < -0.3 is 9.64 Å². The minimum absolute atomic E-state index is 0.0307. The van der Waals surface area contributed by atoms with Crippen LogP contribution in [-0.4, -0.2) is 62.9 Å². The minimum atomic E-state index is -3.47. The first-order valence-corrected chi connectivity index (χ1v) is 11.1. The van der Waals surface area contributed by atoms with Crippen LogP contribution in [0.15, 0.2) is 24.3 Å². The summed E-state index contributed by atoms with van der Waals surface area (Å²) < 4.78 is 34.7. The van der Waals surface area contributed by atoms with E-state index in [4.69, 9.17) is 4.74 Å². The van der Waals surface area contributed by atoms with Crippen molar-refractivity contribution in [3.8, 4) is 5.75 Å². The molecule has 1 amide bonds. The summed E-state index contributed by atoms with van der Waals surface area (Å²) in [6.07, 6.45) is 4.97. The van der Waals surface area contributed by atoms with Crippen LogP contribution >= 0.6 is 0 Å². The Morgan fingerprint density at radius 1 is 1.07 bits per heavy atom. The topological polar surface area (TPSA) is 79.0 Å². The molecule has 1 aliphatic heterocycles. The Hall–Kier alpha value is -1.64. The predicted octanol–water partition coefficient (Wildman–Crippen LogP) is 1.55. The lowest BCUT2D eigenvalue weighted by atomic mass is 10.1. The van der Waals surface area contributed by atoms with Gasteiger partial charge in [0.15, 0.2) is 0 Å². The Kier molecular flexibility index (Phi) is 6.73.